The second kappa shape index (κ2) is 10.5. The van der Waals surface area contributed by atoms with Crippen molar-refractivity contribution in [3.05, 3.63) is 94.0 Å². The van der Waals surface area contributed by atoms with Gasteiger partial charge in [0.25, 0.3) is 5.91 Å². The summed E-state index contributed by atoms with van der Waals surface area (Å²) in [6.07, 6.45) is 1.57. The molecular formula is C22H19Cl2N3O2. The molecule has 7 heteroatoms. The predicted molar refractivity (Wildman–Crippen MR) is 118 cm³/mol. The van der Waals surface area contributed by atoms with Crippen molar-refractivity contribution in [1.29, 1.82) is 0 Å². The number of para-hydroxylation sites is 1. The van der Waals surface area contributed by atoms with Gasteiger partial charge in [0, 0.05) is 21.3 Å². The molecule has 0 spiro atoms. The molecule has 0 aliphatic heterocycles. The van der Waals surface area contributed by atoms with Crippen LogP contribution < -0.4 is 15.5 Å². The third-order valence-corrected chi connectivity index (χ3v) is 4.51. The molecule has 0 heterocycles. The molecule has 0 fully saturated rings. The Morgan fingerprint density at radius 1 is 1.00 bits per heavy atom. The first-order chi connectivity index (χ1) is 14.1. The first-order valence-corrected chi connectivity index (χ1v) is 9.63. The zero-order valence-electron chi connectivity index (χ0n) is 15.4. The van der Waals surface area contributed by atoms with Crippen LogP contribution >= 0.6 is 23.2 Å². The molecule has 0 aromatic heterocycles. The topological polar surface area (TPSA) is 62.7 Å². The van der Waals surface area contributed by atoms with Crippen LogP contribution in [0.1, 0.15) is 11.1 Å². The van der Waals surface area contributed by atoms with Gasteiger partial charge in [0.15, 0.2) is 0 Å². The smallest absolute Gasteiger partial charge is 0.259 e. The molecule has 2 N–H and O–H groups in total. The maximum absolute atomic E-state index is 11.8. The van der Waals surface area contributed by atoms with Crippen LogP contribution in [0.5, 0.6) is 5.75 Å². The summed E-state index contributed by atoms with van der Waals surface area (Å²) in [5, 5.41) is 8.13. The van der Waals surface area contributed by atoms with E-state index >= 15 is 0 Å². The number of nitrogens with one attached hydrogen (secondary N) is 2. The van der Waals surface area contributed by atoms with Crippen LogP contribution in [0.2, 0.25) is 10.0 Å². The maximum atomic E-state index is 11.8. The summed E-state index contributed by atoms with van der Waals surface area (Å²) in [5.74, 6) is 0.467. The summed E-state index contributed by atoms with van der Waals surface area (Å²) < 4.78 is 5.73. The van der Waals surface area contributed by atoms with Crippen molar-refractivity contribution >= 4 is 41.0 Å². The van der Waals surface area contributed by atoms with Crippen molar-refractivity contribution in [2.45, 2.75) is 6.61 Å². The molecule has 148 valence electrons. The highest BCUT2D eigenvalue weighted by Gasteiger charge is 2.03. The monoisotopic (exact) mass is 427 g/mol. The molecule has 1 amide bonds. The molecule has 5 nitrogen and oxygen atoms in total. The maximum Gasteiger partial charge on any atom is 0.259 e. The largest absolute Gasteiger partial charge is 0.489 e. The van der Waals surface area contributed by atoms with E-state index < -0.39 is 0 Å². The van der Waals surface area contributed by atoms with Gasteiger partial charge < -0.3 is 10.1 Å². The standard InChI is InChI=1S/C22H19Cl2N3O2/c23-18-9-8-17(21(24)12-18)15-29-20-10-6-16(7-11-20)13-26-27-22(28)14-25-19-4-2-1-3-5-19/h1-13,25H,14-15H2,(H,27,28)/b26-13+. The zero-order valence-corrected chi connectivity index (χ0v) is 17.0. The van der Waals surface area contributed by atoms with Crippen LogP contribution in [0.25, 0.3) is 0 Å². The summed E-state index contributed by atoms with van der Waals surface area (Å²) >= 11 is 12.0. The van der Waals surface area contributed by atoms with E-state index in [1.54, 1.807) is 18.3 Å². The number of benzene rings is 3. The van der Waals surface area contributed by atoms with Crippen LogP contribution in [0.4, 0.5) is 5.69 Å². The molecule has 0 radical (unpaired) electrons. The Labute approximate surface area is 179 Å². The van der Waals surface area contributed by atoms with E-state index in [-0.39, 0.29) is 12.5 Å². The summed E-state index contributed by atoms with van der Waals surface area (Å²) in [7, 11) is 0. The minimum Gasteiger partial charge on any atom is -0.489 e. The lowest BCUT2D eigenvalue weighted by Crippen LogP contribution is -2.25. The lowest BCUT2D eigenvalue weighted by atomic mass is 10.2. The third-order valence-electron chi connectivity index (χ3n) is 3.92. The van der Waals surface area contributed by atoms with Gasteiger partial charge in [-0.2, -0.15) is 5.10 Å². The van der Waals surface area contributed by atoms with E-state index in [9.17, 15) is 4.79 Å². The second-order valence-corrected chi connectivity index (χ2v) is 6.95. The predicted octanol–water partition coefficient (Wildman–Crippen LogP) is 5.13. The number of carbonyl (C=O) groups excluding carboxylic acids is 1. The van der Waals surface area contributed by atoms with Crippen molar-refractivity contribution in [1.82, 2.24) is 5.43 Å². The van der Waals surface area contributed by atoms with Crippen LogP contribution in [0, 0.1) is 0 Å². The average molecular weight is 428 g/mol. The van der Waals surface area contributed by atoms with Gasteiger partial charge in [0.2, 0.25) is 0 Å². The minimum absolute atomic E-state index is 0.140. The van der Waals surface area contributed by atoms with Gasteiger partial charge in [0.05, 0.1) is 12.8 Å². The van der Waals surface area contributed by atoms with E-state index in [0.29, 0.717) is 22.4 Å². The van der Waals surface area contributed by atoms with E-state index in [0.717, 1.165) is 16.8 Å². The second-order valence-electron chi connectivity index (χ2n) is 6.11. The Morgan fingerprint density at radius 2 is 1.76 bits per heavy atom. The number of hydrazone groups is 1. The van der Waals surface area contributed by atoms with Crippen molar-refractivity contribution in [2.75, 3.05) is 11.9 Å². The fraction of sp³-hybridized carbons (Fsp3) is 0.0909. The van der Waals surface area contributed by atoms with E-state index in [2.05, 4.69) is 15.8 Å². The van der Waals surface area contributed by atoms with Crippen molar-refractivity contribution in [3.8, 4) is 5.75 Å². The Morgan fingerprint density at radius 3 is 2.48 bits per heavy atom. The Kier molecular flexibility index (Phi) is 7.50. The number of amides is 1. The molecule has 0 saturated heterocycles. The molecule has 3 rings (SSSR count). The quantitative estimate of drug-likeness (QED) is 0.386. The highest BCUT2D eigenvalue weighted by atomic mass is 35.5. The van der Waals surface area contributed by atoms with Gasteiger partial charge in [-0.1, -0.05) is 47.5 Å². The first kappa shape index (κ1) is 20.7. The number of ether oxygens (including phenoxy) is 1. The molecule has 0 aliphatic carbocycles. The summed E-state index contributed by atoms with van der Waals surface area (Å²) in [6, 6.07) is 22.1. The van der Waals surface area contributed by atoms with Gasteiger partial charge in [-0.05, 0) is 54.1 Å². The number of halogens is 2. The zero-order chi connectivity index (χ0) is 20.5. The molecule has 29 heavy (non-hydrogen) atoms. The number of carbonyl (C=O) groups is 1. The van der Waals surface area contributed by atoms with Gasteiger partial charge >= 0.3 is 0 Å². The van der Waals surface area contributed by atoms with E-state index in [1.165, 1.54) is 0 Å². The number of hydrogen-bond donors (Lipinski definition) is 2. The Hall–Kier alpha value is -3.02. The van der Waals surface area contributed by atoms with Gasteiger partial charge in [-0.15, -0.1) is 0 Å². The minimum atomic E-state index is -0.232. The molecule has 3 aromatic rings. The summed E-state index contributed by atoms with van der Waals surface area (Å²) in [5.41, 5.74) is 5.05. The molecule has 0 saturated carbocycles. The first-order valence-electron chi connectivity index (χ1n) is 8.88. The summed E-state index contributed by atoms with van der Waals surface area (Å²) in [6.45, 7) is 0.481. The molecular weight excluding hydrogens is 409 g/mol. The molecule has 0 unspecified atom stereocenters. The highest BCUT2D eigenvalue weighted by Crippen LogP contribution is 2.22. The van der Waals surface area contributed by atoms with E-state index in [4.69, 9.17) is 27.9 Å². The van der Waals surface area contributed by atoms with Crippen LogP contribution in [-0.4, -0.2) is 18.7 Å². The average Bonchev–Trinajstić information content (AvgIpc) is 2.73. The Balaban J connectivity index is 1.44. The summed E-state index contributed by atoms with van der Waals surface area (Å²) in [4.78, 5) is 11.8. The SMILES string of the molecule is O=C(CNc1ccccc1)N/N=C/c1ccc(OCc2ccc(Cl)cc2Cl)cc1. The fourth-order valence-corrected chi connectivity index (χ4v) is 2.87. The molecule has 0 aliphatic rings. The highest BCUT2D eigenvalue weighted by molar-refractivity contribution is 6.35. The van der Waals surface area contributed by atoms with Gasteiger partial charge in [-0.25, -0.2) is 5.43 Å². The molecule has 3 aromatic carbocycles. The third kappa shape index (κ3) is 6.82. The molecule has 0 bridgehead atoms. The normalized spacial score (nSPS) is 10.7. The fourth-order valence-electron chi connectivity index (χ4n) is 2.41. The number of anilines is 1. The van der Waals surface area contributed by atoms with E-state index in [1.807, 2.05) is 60.7 Å². The van der Waals surface area contributed by atoms with Crippen molar-refractivity contribution < 1.29 is 9.53 Å². The van der Waals surface area contributed by atoms with Gasteiger partial charge in [-0.3, -0.25) is 4.79 Å². The van der Waals surface area contributed by atoms with Gasteiger partial charge in [0.1, 0.15) is 12.4 Å². The number of hydrogen-bond acceptors (Lipinski definition) is 4. The van der Waals surface area contributed by atoms with Crippen LogP contribution in [-0.2, 0) is 11.4 Å². The van der Waals surface area contributed by atoms with Crippen molar-refractivity contribution in [2.24, 2.45) is 5.10 Å². The van der Waals surface area contributed by atoms with Crippen LogP contribution in [0.3, 0.4) is 0 Å². The Bertz CT molecular complexity index is 977. The lowest BCUT2D eigenvalue weighted by molar-refractivity contribution is -0.119. The number of nitrogens with zero attached hydrogens (tertiary/aromatic N) is 1. The van der Waals surface area contributed by atoms with Crippen LogP contribution in [0.15, 0.2) is 77.9 Å². The number of rotatable bonds is 8. The van der Waals surface area contributed by atoms with Crippen molar-refractivity contribution in [3.63, 3.8) is 0 Å². The lowest BCUT2D eigenvalue weighted by Gasteiger charge is -2.08. The molecule has 0 atom stereocenters.